The molecule has 0 saturated heterocycles. The van der Waals surface area contributed by atoms with E-state index in [-0.39, 0.29) is 0 Å². The molecule has 2 N–H and O–H groups in total. The van der Waals surface area contributed by atoms with Gasteiger partial charge in [0.15, 0.2) is 0 Å². The van der Waals surface area contributed by atoms with E-state index in [1.54, 1.807) is 7.11 Å². The van der Waals surface area contributed by atoms with Crippen LogP contribution >= 0.6 is 0 Å². The average molecular weight is 493 g/mol. The summed E-state index contributed by atoms with van der Waals surface area (Å²) in [7, 11) is 1.71. The Morgan fingerprint density at radius 1 is 0.892 bits per heavy atom. The molecular formula is C32H36N4O. The summed E-state index contributed by atoms with van der Waals surface area (Å²) < 4.78 is 7.98. The number of anilines is 1. The molecule has 37 heavy (non-hydrogen) atoms. The molecule has 5 heteroatoms. The van der Waals surface area contributed by atoms with Crippen LogP contribution in [-0.2, 0) is 13.1 Å². The van der Waals surface area contributed by atoms with Gasteiger partial charge >= 0.3 is 0 Å². The fourth-order valence-corrected chi connectivity index (χ4v) is 5.12. The molecule has 0 amide bonds. The SMILES string of the molecule is CCCC(CNCc1cn(Cc2ccccc2)c2ccccc12)CNc1cc(OC)c2ccccc2n1. The lowest BCUT2D eigenvalue weighted by Gasteiger charge is -2.19. The summed E-state index contributed by atoms with van der Waals surface area (Å²) in [6.45, 7) is 5.80. The molecule has 0 spiro atoms. The van der Waals surface area contributed by atoms with Crippen molar-refractivity contribution in [3.05, 3.63) is 102 Å². The average Bonchev–Trinajstić information content (AvgIpc) is 3.28. The van der Waals surface area contributed by atoms with Gasteiger partial charge in [-0.1, -0.05) is 74.0 Å². The van der Waals surface area contributed by atoms with Gasteiger partial charge in [-0.3, -0.25) is 0 Å². The van der Waals surface area contributed by atoms with Crippen LogP contribution in [0.15, 0.2) is 91.1 Å². The van der Waals surface area contributed by atoms with Crippen molar-refractivity contribution < 1.29 is 4.74 Å². The zero-order chi connectivity index (χ0) is 25.5. The second-order valence-electron chi connectivity index (χ2n) is 9.68. The fourth-order valence-electron chi connectivity index (χ4n) is 5.12. The van der Waals surface area contributed by atoms with Crippen molar-refractivity contribution in [2.45, 2.75) is 32.9 Å². The van der Waals surface area contributed by atoms with Crippen molar-refractivity contribution in [1.29, 1.82) is 0 Å². The van der Waals surface area contributed by atoms with Gasteiger partial charge < -0.3 is 19.9 Å². The van der Waals surface area contributed by atoms with Crippen LogP contribution in [0.5, 0.6) is 5.75 Å². The number of nitrogens with one attached hydrogen (secondary N) is 2. The molecule has 0 bridgehead atoms. The van der Waals surface area contributed by atoms with E-state index in [1.807, 2.05) is 30.3 Å². The Hall–Kier alpha value is -3.83. The predicted octanol–water partition coefficient (Wildman–Crippen LogP) is 6.86. The molecule has 3 aromatic carbocycles. The molecule has 190 valence electrons. The lowest BCUT2D eigenvalue weighted by molar-refractivity contribution is 0.419. The Morgan fingerprint density at radius 3 is 2.46 bits per heavy atom. The smallest absolute Gasteiger partial charge is 0.131 e. The summed E-state index contributed by atoms with van der Waals surface area (Å²) in [6, 6.07) is 29.5. The maximum Gasteiger partial charge on any atom is 0.131 e. The second kappa shape index (κ2) is 11.9. The van der Waals surface area contributed by atoms with Crippen LogP contribution in [0.25, 0.3) is 21.8 Å². The highest BCUT2D eigenvalue weighted by atomic mass is 16.5. The molecule has 2 heterocycles. The molecule has 5 nitrogen and oxygen atoms in total. The van der Waals surface area contributed by atoms with Crippen LogP contribution in [0.3, 0.4) is 0 Å². The normalized spacial score (nSPS) is 12.2. The lowest BCUT2D eigenvalue weighted by atomic mass is 10.0. The summed E-state index contributed by atoms with van der Waals surface area (Å²) >= 11 is 0. The maximum absolute atomic E-state index is 5.62. The number of rotatable bonds is 12. The number of fused-ring (bicyclic) bond motifs is 2. The first-order valence-corrected chi connectivity index (χ1v) is 13.2. The fraction of sp³-hybridized carbons (Fsp3) is 0.281. The standard InChI is InChI=1S/C32H36N4O/c1-3-11-25(20-34-32-18-31(37-2)28-15-7-9-16-29(28)35-32)19-33-21-26-23-36(22-24-12-5-4-6-13-24)30-17-10-8-14-27(26)30/h4-10,12-18,23,25,33H,3,11,19-22H2,1-2H3,(H,34,35). The minimum absolute atomic E-state index is 0.502. The van der Waals surface area contributed by atoms with Crippen LogP contribution in [0.4, 0.5) is 5.82 Å². The van der Waals surface area contributed by atoms with Crippen molar-refractivity contribution in [3.63, 3.8) is 0 Å². The number of para-hydroxylation sites is 2. The molecule has 0 aliphatic heterocycles. The van der Waals surface area contributed by atoms with Crippen molar-refractivity contribution in [2.75, 3.05) is 25.5 Å². The molecule has 0 saturated carbocycles. The van der Waals surface area contributed by atoms with Gasteiger partial charge in [-0.05, 0) is 48.2 Å². The Kier molecular flexibility index (Phi) is 8.02. The van der Waals surface area contributed by atoms with Gasteiger partial charge in [-0.2, -0.15) is 0 Å². The van der Waals surface area contributed by atoms with Crippen LogP contribution in [0, 0.1) is 5.92 Å². The summed E-state index contributed by atoms with van der Waals surface area (Å²) in [4.78, 5) is 4.80. The number of ether oxygens (including phenoxy) is 1. The number of aromatic nitrogens is 2. The first-order valence-electron chi connectivity index (χ1n) is 13.2. The third-order valence-electron chi connectivity index (χ3n) is 6.98. The van der Waals surface area contributed by atoms with Crippen molar-refractivity contribution >= 4 is 27.6 Å². The number of hydrogen-bond donors (Lipinski definition) is 2. The summed E-state index contributed by atoms with van der Waals surface area (Å²) in [6.07, 6.45) is 4.61. The molecular weight excluding hydrogens is 456 g/mol. The molecule has 2 aromatic heterocycles. The number of benzene rings is 3. The van der Waals surface area contributed by atoms with E-state index < -0.39 is 0 Å². The Morgan fingerprint density at radius 2 is 1.65 bits per heavy atom. The minimum atomic E-state index is 0.502. The number of pyridine rings is 1. The molecule has 0 aliphatic carbocycles. The molecule has 0 fully saturated rings. The number of methoxy groups -OCH3 is 1. The number of hydrogen-bond acceptors (Lipinski definition) is 4. The van der Waals surface area contributed by atoms with E-state index in [1.165, 1.54) is 22.0 Å². The van der Waals surface area contributed by atoms with Gasteiger partial charge in [0.2, 0.25) is 0 Å². The monoisotopic (exact) mass is 492 g/mol. The molecule has 1 atom stereocenters. The molecule has 5 aromatic rings. The molecule has 1 unspecified atom stereocenters. The molecule has 5 rings (SSSR count). The van der Waals surface area contributed by atoms with Gasteiger partial charge in [0, 0.05) is 48.2 Å². The first kappa shape index (κ1) is 24.8. The highest BCUT2D eigenvalue weighted by molar-refractivity contribution is 5.87. The van der Waals surface area contributed by atoms with Crippen LogP contribution in [0.2, 0.25) is 0 Å². The Labute approximate surface area is 219 Å². The molecule has 0 aliphatic rings. The van der Waals surface area contributed by atoms with E-state index in [2.05, 4.69) is 82.9 Å². The first-order chi connectivity index (χ1) is 18.2. The van der Waals surface area contributed by atoms with Crippen molar-refractivity contribution in [1.82, 2.24) is 14.9 Å². The Balaban J connectivity index is 1.24. The van der Waals surface area contributed by atoms with Crippen molar-refractivity contribution in [3.8, 4) is 5.75 Å². The summed E-state index contributed by atoms with van der Waals surface area (Å²) in [5.41, 5.74) is 4.89. The lowest BCUT2D eigenvalue weighted by Crippen LogP contribution is -2.27. The maximum atomic E-state index is 5.62. The third kappa shape index (κ3) is 5.95. The topological polar surface area (TPSA) is 51.1 Å². The zero-order valence-corrected chi connectivity index (χ0v) is 21.8. The van der Waals surface area contributed by atoms with Crippen LogP contribution < -0.4 is 15.4 Å². The van der Waals surface area contributed by atoms with E-state index in [0.717, 1.165) is 61.5 Å². The van der Waals surface area contributed by atoms with Crippen molar-refractivity contribution in [2.24, 2.45) is 5.92 Å². The Bertz CT molecular complexity index is 1440. The van der Waals surface area contributed by atoms with Crippen LogP contribution in [0.1, 0.15) is 30.9 Å². The predicted molar refractivity (Wildman–Crippen MR) is 154 cm³/mol. The van der Waals surface area contributed by atoms with Gasteiger partial charge in [0.05, 0.1) is 12.6 Å². The van der Waals surface area contributed by atoms with Gasteiger partial charge in [0.25, 0.3) is 0 Å². The summed E-state index contributed by atoms with van der Waals surface area (Å²) in [5.74, 6) is 2.22. The highest BCUT2D eigenvalue weighted by Crippen LogP contribution is 2.27. The van der Waals surface area contributed by atoms with Gasteiger partial charge in [0.1, 0.15) is 11.6 Å². The molecule has 0 radical (unpaired) electrons. The van der Waals surface area contributed by atoms with Gasteiger partial charge in [-0.15, -0.1) is 0 Å². The quantitative estimate of drug-likeness (QED) is 0.200. The number of nitrogens with zero attached hydrogens (tertiary/aromatic N) is 2. The third-order valence-corrected chi connectivity index (χ3v) is 6.98. The summed E-state index contributed by atoms with van der Waals surface area (Å²) in [5, 5.41) is 9.68. The second-order valence-corrected chi connectivity index (χ2v) is 9.68. The van der Waals surface area contributed by atoms with Crippen LogP contribution in [-0.4, -0.2) is 29.8 Å². The van der Waals surface area contributed by atoms with E-state index in [9.17, 15) is 0 Å². The zero-order valence-electron chi connectivity index (χ0n) is 21.8. The van der Waals surface area contributed by atoms with Gasteiger partial charge in [-0.25, -0.2) is 4.98 Å². The largest absolute Gasteiger partial charge is 0.496 e. The van der Waals surface area contributed by atoms with E-state index in [0.29, 0.717) is 5.92 Å². The van der Waals surface area contributed by atoms with E-state index >= 15 is 0 Å². The minimum Gasteiger partial charge on any atom is -0.496 e. The highest BCUT2D eigenvalue weighted by Gasteiger charge is 2.12. The van der Waals surface area contributed by atoms with E-state index in [4.69, 9.17) is 9.72 Å².